The summed E-state index contributed by atoms with van der Waals surface area (Å²) in [5.41, 5.74) is 0.571. The van der Waals surface area contributed by atoms with Crippen LogP contribution in [0.15, 0.2) is 41.2 Å². The topological polar surface area (TPSA) is 75.3 Å². The van der Waals surface area contributed by atoms with Crippen molar-refractivity contribution in [1.82, 2.24) is 14.9 Å². The van der Waals surface area contributed by atoms with Gasteiger partial charge in [0.15, 0.2) is 0 Å². The van der Waals surface area contributed by atoms with E-state index in [1.807, 2.05) is 10.2 Å². The summed E-state index contributed by atoms with van der Waals surface area (Å²) in [5.74, 6) is 1.46. The summed E-state index contributed by atoms with van der Waals surface area (Å²) in [6.45, 7) is 0. The molecule has 4 rings (SSSR count). The van der Waals surface area contributed by atoms with Gasteiger partial charge < -0.3 is 0 Å². The van der Waals surface area contributed by atoms with E-state index in [1.54, 1.807) is 48.3 Å². The van der Waals surface area contributed by atoms with Crippen LogP contribution in [0.2, 0.25) is 15.4 Å². The number of carbonyl (C=O) groups is 1. The van der Waals surface area contributed by atoms with Crippen LogP contribution in [0.1, 0.15) is 6.42 Å². The second-order valence-electron chi connectivity index (χ2n) is 6.74. The summed E-state index contributed by atoms with van der Waals surface area (Å²) in [6, 6.07) is 9.89. The van der Waals surface area contributed by atoms with E-state index < -0.39 is 6.09 Å². The van der Waals surface area contributed by atoms with Gasteiger partial charge in [-0.05, 0) is 12.1 Å². The molecule has 1 aromatic heterocycles. The Morgan fingerprint density at radius 1 is 1.27 bits per heavy atom. The third-order valence-corrected chi connectivity index (χ3v) is 9.55. The van der Waals surface area contributed by atoms with Gasteiger partial charge in [0.1, 0.15) is 0 Å². The first kappa shape index (κ1) is 21.5. The molecule has 10 heteroatoms. The SMILES string of the molecule is CN(C(=O)Oc1ccc(Cl)cc1-c1nc2ccc(Cl)cc2c(=O)[nH]1)[C@H]1CC[Se]SC1. The van der Waals surface area contributed by atoms with Crippen molar-refractivity contribution in [2.24, 2.45) is 0 Å². The minimum absolute atomic E-state index is 0.150. The van der Waals surface area contributed by atoms with Crippen molar-refractivity contribution in [2.45, 2.75) is 17.8 Å². The third-order valence-electron chi connectivity index (χ3n) is 4.78. The predicted octanol–water partition coefficient (Wildman–Crippen LogP) is 4.87. The summed E-state index contributed by atoms with van der Waals surface area (Å²) in [5, 5.41) is 2.40. The van der Waals surface area contributed by atoms with Gasteiger partial charge >= 0.3 is 164 Å². The maximum atomic E-state index is 12.8. The number of carbonyl (C=O) groups excluding carboxylic acids is 1. The molecule has 1 N–H and O–H groups in total. The van der Waals surface area contributed by atoms with Gasteiger partial charge in [-0.3, -0.25) is 0 Å². The molecule has 0 saturated carbocycles. The monoisotopic (exact) mass is 529 g/mol. The molecule has 1 amide bonds. The number of nitrogens with zero attached hydrogens (tertiary/aromatic N) is 2. The van der Waals surface area contributed by atoms with Crippen LogP contribution in [-0.4, -0.2) is 53.6 Å². The number of H-pyrrole nitrogens is 1. The van der Waals surface area contributed by atoms with Crippen LogP contribution in [0, 0.1) is 0 Å². The van der Waals surface area contributed by atoms with E-state index in [2.05, 4.69) is 9.97 Å². The summed E-state index contributed by atoms with van der Waals surface area (Å²) >= 11 is 12.8. The van der Waals surface area contributed by atoms with Crippen LogP contribution >= 0.6 is 33.4 Å². The fraction of sp³-hybridized carbons (Fsp3) is 0.250. The molecule has 0 spiro atoms. The van der Waals surface area contributed by atoms with E-state index in [4.69, 9.17) is 27.9 Å². The molecule has 1 aliphatic rings. The van der Waals surface area contributed by atoms with E-state index >= 15 is 0 Å². The predicted molar refractivity (Wildman–Crippen MR) is 123 cm³/mol. The number of nitrogens with one attached hydrogen (secondary N) is 1. The molecule has 156 valence electrons. The van der Waals surface area contributed by atoms with Crippen molar-refractivity contribution < 1.29 is 9.53 Å². The number of amides is 1. The second kappa shape index (κ2) is 9.20. The van der Waals surface area contributed by atoms with E-state index in [1.165, 1.54) is 0 Å². The van der Waals surface area contributed by atoms with Crippen molar-refractivity contribution in [1.29, 1.82) is 0 Å². The fourth-order valence-corrected chi connectivity index (χ4v) is 7.80. The van der Waals surface area contributed by atoms with Gasteiger partial charge in [0, 0.05) is 5.02 Å². The fourth-order valence-electron chi connectivity index (χ4n) is 3.09. The number of hydrogen-bond acceptors (Lipinski definition) is 5. The van der Waals surface area contributed by atoms with Gasteiger partial charge in [-0.1, -0.05) is 11.6 Å². The van der Waals surface area contributed by atoms with Gasteiger partial charge in [0.2, 0.25) is 0 Å². The van der Waals surface area contributed by atoms with Gasteiger partial charge in [-0.25, -0.2) is 0 Å². The van der Waals surface area contributed by atoms with E-state index in [9.17, 15) is 9.59 Å². The molecule has 1 aliphatic heterocycles. The van der Waals surface area contributed by atoms with E-state index in [-0.39, 0.29) is 23.2 Å². The number of aromatic nitrogens is 2. The Bertz CT molecular complexity index is 1170. The first-order valence-corrected chi connectivity index (χ1v) is 14.1. The Morgan fingerprint density at radius 2 is 2.03 bits per heavy atom. The number of fused-ring (bicyclic) bond motifs is 1. The zero-order valence-electron chi connectivity index (χ0n) is 15.9. The Morgan fingerprint density at radius 3 is 2.80 bits per heavy atom. The number of benzene rings is 2. The molecule has 1 saturated heterocycles. The van der Waals surface area contributed by atoms with Gasteiger partial charge in [-0.15, -0.1) is 0 Å². The third kappa shape index (κ3) is 4.63. The average Bonchev–Trinajstić information content (AvgIpc) is 2.75. The molecule has 0 aliphatic carbocycles. The molecule has 1 atom stereocenters. The number of ether oxygens (including phenoxy) is 1. The Kier molecular flexibility index (Phi) is 6.60. The van der Waals surface area contributed by atoms with E-state index in [0.717, 1.165) is 17.5 Å². The van der Waals surface area contributed by atoms with Crippen LogP contribution < -0.4 is 10.3 Å². The normalized spacial score (nSPS) is 16.4. The van der Waals surface area contributed by atoms with Gasteiger partial charge in [-0.2, -0.15) is 0 Å². The molecule has 1 fully saturated rings. The zero-order chi connectivity index (χ0) is 21.3. The van der Waals surface area contributed by atoms with Crippen molar-refractivity contribution in [3.8, 4) is 17.1 Å². The first-order chi connectivity index (χ1) is 14.4. The Balaban J connectivity index is 1.69. The van der Waals surface area contributed by atoms with E-state index in [0.29, 0.717) is 40.3 Å². The van der Waals surface area contributed by atoms with Crippen LogP contribution in [0.4, 0.5) is 4.79 Å². The molecule has 0 unspecified atom stereocenters. The van der Waals surface area contributed by atoms with Gasteiger partial charge in [0.25, 0.3) is 0 Å². The van der Waals surface area contributed by atoms with Crippen LogP contribution in [0.5, 0.6) is 5.75 Å². The molecular weight excluding hydrogens is 512 g/mol. The van der Waals surface area contributed by atoms with Crippen LogP contribution in [0.25, 0.3) is 22.3 Å². The van der Waals surface area contributed by atoms with Gasteiger partial charge in [0.05, 0.1) is 0 Å². The Labute approximate surface area is 192 Å². The average molecular weight is 529 g/mol. The standard InChI is InChI=1S/C20H17Cl2N3O3SSe/c1-25(13-6-7-30-29-10-13)20(27)28-17-5-3-12(22)9-15(17)18-23-16-4-2-11(21)8-14(16)19(26)24-18/h2-5,8-9,13H,6-7,10H2,1H3,(H,23,24,26)/t13-/m0/s1. The molecule has 30 heavy (non-hydrogen) atoms. The minimum atomic E-state index is -0.450. The molecule has 6 nitrogen and oxygen atoms in total. The van der Waals surface area contributed by atoms with Crippen LogP contribution in [0.3, 0.4) is 0 Å². The second-order valence-corrected chi connectivity index (χ2v) is 12.2. The zero-order valence-corrected chi connectivity index (χ0v) is 19.9. The number of rotatable bonds is 3. The summed E-state index contributed by atoms with van der Waals surface area (Å²) in [4.78, 5) is 34.2. The van der Waals surface area contributed by atoms with Crippen molar-refractivity contribution >= 4 is 64.2 Å². The molecule has 3 aromatic rings. The van der Waals surface area contributed by atoms with Crippen molar-refractivity contribution in [3.63, 3.8) is 0 Å². The maximum absolute atomic E-state index is 12.8. The Hall–Kier alpha value is -1.70. The molecule has 2 heterocycles. The quantitative estimate of drug-likeness (QED) is 0.491. The summed E-state index contributed by atoms with van der Waals surface area (Å²) in [6.07, 6.45) is 0.530. The molecule has 0 bridgehead atoms. The number of halogens is 2. The first-order valence-electron chi connectivity index (χ1n) is 9.11. The molecular formula is C20H17Cl2N3O3SSe. The number of aromatic amines is 1. The number of hydrogen-bond donors (Lipinski definition) is 1. The summed E-state index contributed by atoms with van der Waals surface area (Å²) < 4.78 is 5.68. The van der Waals surface area contributed by atoms with Crippen LogP contribution in [-0.2, 0) is 0 Å². The van der Waals surface area contributed by atoms with Crippen molar-refractivity contribution in [2.75, 3.05) is 12.8 Å². The molecule has 0 radical (unpaired) electrons. The summed E-state index contributed by atoms with van der Waals surface area (Å²) in [7, 11) is 3.65. The molecule has 2 aromatic carbocycles. The van der Waals surface area contributed by atoms with Crippen molar-refractivity contribution in [3.05, 3.63) is 56.8 Å².